The van der Waals surface area contributed by atoms with Gasteiger partial charge in [0.15, 0.2) is 0 Å². The summed E-state index contributed by atoms with van der Waals surface area (Å²) in [7, 11) is 0. The molecule has 2 aliphatic rings. The predicted octanol–water partition coefficient (Wildman–Crippen LogP) is 1.02. The molecule has 0 aliphatic carbocycles. The fourth-order valence-corrected chi connectivity index (χ4v) is 4.32. The number of aryl methyl sites for hydroxylation is 2. The summed E-state index contributed by atoms with van der Waals surface area (Å²) < 4.78 is 0. The molecule has 148 valence electrons. The zero-order chi connectivity index (χ0) is 19.7. The lowest BCUT2D eigenvalue weighted by Gasteiger charge is -2.36. The number of carbonyl (C=O) groups excluding carboxylic acids is 1. The highest BCUT2D eigenvalue weighted by Gasteiger charge is 2.29. The summed E-state index contributed by atoms with van der Waals surface area (Å²) in [5, 5.41) is 0. The van der Waals surface area contributed by atoms with E-state index in [2.05, 4.69) is 11.8 Å². The molecular formula is C22H30N5O+. The second-order valence-electron chi connectivity index (χ2n) is 7.90. The summed E-state index contributed by atoms with van der Waals surface area (Å²) in [6, 6.07) is 7.83. The predicted molar refractivity (Wildman–Crippen MR) is 110 cm³/mol. The van der Waals surface area contributed by atoms with Crippen LogP contribution in [0.2, 0.25) is 0 Å². The molecule has 0 atom stereocenters. The quantitative estimate of drug-likeness (QED) is 0.864. The van der Waals surface area contributed by atoms with Gasteiger partial charge in [-0.1, -0.05) is 18.2 Å². The second-order valence-corrected chi connectivity index (χ2v) is 7.90. The first-order chi connectivity index (χ1) is 13.6. The molecule has 0 bridgehead atoms. The Morgan fingerprint density at radius 1 is 1.11 bits per heavy atom. The van der Waals surface area contributed by atoms with Gasteiger partial charge in [-0.3, -0.25) is 4.79 Å². The number of aromatic nitrogens is 2. The van der Waals surface area contributed by atoms with Crippen molar-refractivity contribution in [1.82, 2.24) is 14.9 Å². The number of nitrogens with one attached hydrogen (secondary N) is 1. The van der Waals surface area contributed by atoms with E-state index < -0.39 is 0 Å². The highest BCUT2D eigenvalue weighted by atomic mass is 16.2. The van der Waals surface area contributed by atoms with Crippen LogP contribution in [0.25, 0.3) is 0 Å². The van der Waals surface area contributed by atoms with E-state index >= 15 is 0 Å². The van der Waals surface area contributed by atoms with Gasteiger partial charge in [0.2, 0.25) is 0 Å². The molecule has 4 rings (SSSR count). The third kappa shape index (κ3) is 3.61. The van der Waals surface area contributed by atoms with Crippen LogP contribution in [0, 0.1) is 13.8 Å². The van der Waals surface area contributed by atoms with Crippen molar-refractivity contribution in [1.29, 1.82) is 0 Å². The Morgan fingerprint density at radius 3 is 2.57 bits per heavy atom. The molecule has 6 nitrogen and oxygen atoms in total. The van der Waals surface area contributed by atoms with Crippen LogP contribution >= 0.6 is 0 Å². The van der Waals surface area contributed by atoms with E-state index in [1.165, 1.54) is 6.54 Å². The van der Waals surface area contributed by atoms with Gasteiger partial charge in [-0.15, -0.1) is 0 Å². The van der Waals surface area contributed by atoms with Gasteiger partial charge in [-0.25, -0.2) is 9.97 Å². The lowest BCUT2D eigenvalue weighted by atomic mass is 10.0. The topological polar surface area (TPSA) is 53.8 Å². The first-order valence-electron chi connectivity index (χ1n) is 10.4. The van der Waals surface area contributed by atoms with Gasteiger partial charge in [0.05, 0.1) is 45.0 Å². The third-order valence-corrected chi connectivity index (χ3v) is 6.08. The lowest BCUT2D eigenvalue weighted by molar-refractivity contribution is -0.898. The minimum absolute atomic E-state index is 0.107. The molecule has 2 aliphatic heterocycles. The summed E-state index contributed by atoms with van der Waals surface area (Å²) in [5.74, 6) is 1.98. The molecule has 1 N–H and O–H groups in total. The molecule has 1 amide bonds. The molecule has 2 aromatic rings. The van der Waals surface area contributed by atoms with Crippen molar-refractivity contribution in [2.45, 2.75) is 33.7 Å². The number of rotatable bonds is 3. The Hall–Kier alpha value is -2.47. The van der Waals surface area contributed by atoms with Gasteiger partial charge in [-0.05, 0) is 32.4 Å². The van der Waals surface area contributed by atoms with Crippen molar-refractivity contribution in [2.24, 2.45) is 0 Å². The highest BCUT2D eigenvalue weighted by Crippen LogP contribution is 2.28. The number of quaternary nitrogens is 1. The zero-order valence-electron chi connectivity index (χ0n) is 17.2. The van der Waals surface area contributed by atoms with Gasteiger partial charge in [0.1, 0.15) is 11.6 Å². The van der Waals surface area contributed by atoms with E-state index in [9.17, 15) is 4.79 Å². The van der Waals surface area contributed by atoms with E-state index in [1.54, 1.807) is 4.90 Å². The Morgan fingerprint density at radius 2 is 1.86 bits per heavy atom. The largest absolute Gasteiger partial charge is 0.345 e. The van der Waals surface area contributed by atoms with Crippen LogP contribution in [0.15, 0.2) is 24.3 Å². The minimum Gasteiger partial charge on any atom is -0.345 e. The van der Waals surface area contributed by atoms with Crippen molar-refractivity contribution in [3.05, 3.63) is 52.5 Å². The van der Waals surface area contributed by atoms with Crippen LogP contribution in [0.1, 0.15) is 39.9 Å². The van der Waals surface area contributed by atoms with Gasteiger partial charge >= 0.3 is 0 Å². The van der Waals surface area contributed by atoms with Gasteiger partial charge in [0.25, 0.3) is 5.91 Å². The number of fused-ring (bicyclic) bond motifs is 1. The monoisotopic (exact) mass is 380 g/mol. The second kappa shape index (κ2) is 7.87. The van der Waals surface area contributed by atoms with E-state index in [1.807, 2.05) is 43.0 Å². The summed E-state index contributed by atoms with van der Waals surface area (Å²) in [4.78, 5) is 28.7. The standard InChI is InChI=1S/C22H29N5O/c1-4-25-11-13-26(14-12-25)21-19-15-27(10-9-20(19)23-17(3)24-21)22(28)18-8-6-5-7-16(18)2/h5-8H,4,9-15H2,1-3H3/p+1. The van der Waals surface area contributed by atoms with Crippen LogP contribution < -0.4 is 9.80 Å². The SMILES string of the molecule is CC[NH+]1CCN(c2nc(C)nc3c2CN(C(=O)c2ccccc2C)CC3)CC1. The van der Waals surface area contributed by atoms with E-state index in [0.717, 1.165) is 66.6 Å². The number of hydrogen-bond acceptors (Lipinski definition) is 4. The number of carbonyl (C=O) groups is 1. The average Bonchev–Trinajstić information content (AvgIpc) is 2.73. The normalized spacial score (nSPS) is 17.5. The van der Waals surface area contributed by atoms with Crippen LogP contribution in [0.4, 0.5) is 5.82 Å². The fraction of sp³-hybridized carbons (Fsp3) is 0.500. The number of likely N-dealkylation sites (N-methyl/N-ethyl adjacent to an activating group) is 1. The van der Waals surface area contributed by atoms with Crippen LogP contribution in [-0.4, -0.2) is 60.0 Å². The van der Waals surface area contributed by atoms with E-state index in [-0.39, 0.29) is 5.91 Å². The maximum atomic E-state index is 13.1. The maximum Gasteiger partial charge on any atom is 0.254 e. The summed E-state index contributed by atoms with van der Waals surface area (Å²) in [6.45, 7) is 13.0. The molecule has 0 unspecified atom stereocenters. The Kier molecular flexibility index (Phi) is 5.31. The van der Waals surface area contributed by atoms with Crippen molar-refractivity contribution in [3.8, 4) is 0 Å². The number of amides is 1. The van der Waals surface area contributed by atoms with Crippen LogP contribution in [0.3, 0.4) is 0 Å². The molecule has 28 heavy (non-hydrogen) atoms. The first-order valence-corrected chi connectivity index (χ1v) is 10.4. The average molecular weight is 381 g/mol. The number of piperazine rings is 1. The summed E-state index contributed by atoms with van der Waals surface area (Å²) in [6.07, 6.45) is 0.795. The maximum absolute atomic E-state index is 13.1. The molecular weight excluding hydrogens is 350 g/mol. The van der Waals surface area contributed by atoms with E-state index in [0.29, 0.717) is 13.1 Å². The first kappa shape index (κ1) is 18.9. The summed E-state index contributed by atoms with van der Waals surface area (Å²) in [5.41, 5.74) is 4.07. The highest BCUT2D eigenvalue weighted by molar-refractivity contribution is 5.95. The zero-order valence-corrected chi connectivity index (χ0v) is 17.2. The smallest absolute Gasteiger partial charge is 0.254 e. The van der Waals surface area contributed by atoms with E-state index in [4.69, 9.17) is 9.97 Å². The third-order valence-electron chi connectivity index (χ3n) is 6.08. The molecule has 0 spiro atoms. The number of anilines is 1. The van der Waals surface area contributed by atoms with Crippen molar-refractivity contribution < 1.29 is 9.69 Å². The van der Waals surface area contributed by atoms with Crippen LogP contribution in [0.5, 0.6) is 0 Å². The number of benzene rings is 1. The molecule has 3 heterocycles. The molecule has 0 radical (unpaired) electrons. The number of hydrogen-bond donors (Lipinski definition) is 1. The minimum atomic E-state index is 0.107. The van der Waals surface area contributed by atoms with Crippen molar-refractivity contribution >= 4 is 11.7 Å². The molecule has 1 aromatic heterocycles. The fourth-order valence-electron chi connectivity index (χ4n) is 4.32. The van der Waals surface area contributed by atoms with Gasteiger partial charge in [0, 0.05) is 24.1 Å². The molecule has 6 heteroatoms. The molecule has 1 aromatic carbocycles. The van der Waals surface area contributed by atoms with Crippen molar-refractivity contribution in [2.75, 3.05) is 44.2 Å². The van der Waals surface area contributed by atoms with Crippen LogP contribution in [-0.2, 0) is 13.0 Å². The molecule has 0 saturated carbocycles. The van der Waals surface area contributed by atoms with Gasteiger partial charge < -0.3 is 14.7 Å². The van der Waals surface area contributed by atoms with Crippen molar-refractivity contribution in [3.63, 3.8) is 0 Å². The summed E-state index contributed by atoms with van der Waals surface area (Å²) >= 11 is 0. The lowest BCUT2D eigenvalue weighted by Crippen LogP contribution is -3.14. The molecule has 1 saturated heterocycles. The van der Waals surface area contributed by atoms with Gasteiger partial charge in [-0.2, -0.15) is 0 Å². The molecule has 1 fully saturated rings. The Bertz CT molecular complexity index is 873. The number of nitrogens with zero attached hydrogens (tertiary/aromatic N) is 4. The Labute approximate surface area is 167 Å². The Balaban J connectivity index is 1.61.